The Morgan fingerprint density at radius 2 is 1.95 bits per heavy atom. The quantitative estimate of drug-likeness (QED) is 0.774. The highest BCUT2D eigenvalue weighted by Crippen LogP contribution is 2.30. The molecular weight excluding hydrogens is 356 g/mol. The molecule has 2 aromatic carbocycles. The molecule has 1 atom stereocenters. The zero-order valence-electron chi connectivity index (χ0n) is 11.0. The second-order valence-corrected chi connectivity index (χ2v) is 5.77. The van der Waals surface area contributed by atoms with Gasteiger partial charge in [-0.05, 0) is 52.2 Å². The molecule has 6 heteroatoms. The first-order valence-corrected chi connectivity index (χ1v) is 7.43. The summed E-state index contributed by atoms with van der Waals surface area (Å²) in [5.41, 5.74) is 7.35. The first-order chi connectivity index (χ1) is 9.97. The van der Waals surface area contributed by atoms with Gasteiger partial charge in [-0.15, -0.1) is 0 Å². The van der Waals surface area contributed by atoms with Crippen molar-refractivity contribution >= 4 is 39.1 Å². The Bertz CT molecular complexity index is 647. The summed E-state index contributed by atoms with van der Waals surface area (Å²) in [4.78, 5) is 12.1. The van der Waals surface area contributed by atoms with Crippen LogP contribution in [0, 0.1) is 0 Å². The monoisotopic (exact) mass is 368 g/mol. The van der Waals surface area contributed by atoms with E-state index in [-0.39, 0.29) is 11.7 Å². The van der Waals surface area contributed by atoms with Crippen LogP contribution < -0.4 is 11.1 Å². The molecule has 0 aromatic heterocycles. The Labute approximate surface area is 136 Å². The standard InChI is InChI=1S/C15H14BrClN2O2/c16-14-11(17)2-1-3-13(14)19-15(21)12(18)8-9-4-6-10(20)7-5-9/h1-7,12,20H,8,18H2,(H,19,21). The molecule has 0 saturated carbocycles. The van der Waals surface area contributed by atoms with Crippen LogP contribution in [0.25, 0.3) is 0 Å². The van der Waals surface area contributed by atoms with Crippen LogP contribution in [0.4, 0.5) is 5.69 Å². The SMILES string of the molecule is NC(Cc1ccc(O)cc1)C(=O)Nc1cccc(Cl)c1Br. The number of hydrogen-bond acceptors (Lipinski definition) is 3. The minimum absolute atomic E-state index is 0.180. The highest BCUT2D eigenvalue weighted by molar-refractivity contribution is 9.10. The number of carbonyl (C=O) groups excluding carboxylic acids is 1. The molecule has 0 spiro atoms. The van der Waals surface area contributed by atoms with E-state index in [4.69, 9.17) is 17.3 Å². The van der Waals surface area contributed by atoms with Gasteiger partial charge in [-0.2, -0.15) is 0 Å². The average molecular weight is 370 g/mol. The van der Waals surface area contributed by atoms with Gasteiger partial charge in [0.15, 0.2) is 0 Å². The average Bonchev–Trinajstić information content (AvgIpc) is 2.46. The number of benzene rings is 2. The van der Waals surface area contributed by atoms with Gasteiger partial charge in [-0.25, -0.2) is 0 Å². The fraction of sp³-hybridized carbons (Fsp3) is 0.133. The molecule has 0 heterocycles. The van der Waals surface area contributed by atoms with Crippen LogP contribution in [-0.4, -0.2) is 17.1 Å². The molecule has 4 nitrogen and oxygen atoms in total. The predicted octanol–water partition coefficient (Wildman–Crippen LogP) is 3.32. The van der Waals surface area contributed by atoms with Gasteiger partial charge in [-0.3, -0.25) is 4.79 Å². The van der Waals surface area contributed by atoms with Crippen molar-refractivity contribution in [1.29, 1.82) is 0 Å². The minimum atomic E-state index is -0.694. The van der Waals surface area contributed by atoms with Gasteiger partial charge in [0.25, 0.3) is 0 Å². The molecule has 0 aliphatic carbocycles. The number of phenols is 1. The zero-order valence-corrected chi connectivity index (χ0v) is 13.4. The van der Waals surface area contributed by atoms with E-state index in [1.165, 1.54) is 0 Å². The summed E-state index contributed by atoms with van der Waals surface area (Å²) >= 11 is 9.29. The van der Waals surface area contributed by atoms with Gasteiger partial charge >= 0.3 is 0 Å². The molecule has 0 radical (unpaired) electrons. The normalized spacial score (nSPS) is 12.0. The van der Waals surface area contributed by atoms with Crippen molar-refractivity contribution in [3.63, 3.8) is 0 Å². The smallest absolute Gasteiger partial charge is 0.241 e. The molecule has 21 heavy (non-hydrogen) atoms. The van der Waals surface area contributed by atoms with Gasteiger partial charge < -0.3 is 16.2 Å². The fourth-order valence-electron chi connectivity index (χ4n) is 1.80. The highest BCUT2D eigenvalue weighted by atomic mass is 79.9. The largest absolute Gasteiger partial charge is 0.508 e. The maximum absolute atomic E-state index is 12.1. The maximum Gasteiger partial charge on any atom is 0.241 e. The molecule has 0 aliphatic heterocycles. The number of hydrogen-bond donors (Lipinski definition) is 3. The number of carbonyl (C=O) groups is 1. The number of phenolic OH excluding ortho intramolecular Hbond substituents is 1. The van der Waals surface area contributed by atoms with E-state index >= 15 is 0 Å². The van der Waals surface area contributed by atoms with Gasteiger partial charge in [0, 0.05) is 0 Å². The number of amides is 1. The van der Waals surface area contributed by atoms with Crippen molar-refractivity contribution in [2.45, 2.75) is 12.5 Å². The van der Waals surface area contributed by atoms with E-state index in [0.717, 1.165) is 5.56 Å². The summed E-state index contributed by atoms with van der Waals surface area (Å²) in [5, 5.41) is 12.5. The van der Waals surface area contributed by atoms with E-state index in [0.29, 0.717) is 21.6 Å². The summed E-state index contributed by atoms with van der Waals surface area (Å²) in [5.74, 6) is -0.120. The van der Waals surface area contributed by atoms with Crippen LogP contribution in [0.15, 0.2) is 46.9 Å². The topological polar surface area (TPSA) is 75.3 Å². The summed E-state index contributed by atoms with van der Waals surface area (Å²) in [6, 6.07) is 11.1. The summed E-state index contributed by atoms with van der Waals surface area (Å²) < 4.78 is 0.622. The lowest BCUT2D eigenvalue weighted by molar-refractivity contribution is -0.117. The van der Waals surface area contributed by atoms with Crippen LogP contribution in [0.2, 0.25) is 5.02 Å². The van der Waals surface area contributed by atoms with Crippen molar-refractivity contribution in [2.75, 3.05) is 5.32 Å². The van der Waals surface area contributed by atoms with Crippen molar-refractivity contribution in [3.05, 3.63) is 57.5 Å². The molecular formula is C15H14BrClN2O2. The first-order valence-electron chi connectivity index (χ1n) is 6.25. The number of halogens is 2. The fourth-order valence-corrected chi connectivity index (χ4v) is 2.34. The van der Waals surface area contributed by atoms with Crippen LogP contribution in [-0.2, 0) is 11.2 Å². The molecule has 2 aromatic rings. The van der Waals surface area contributed by atoms with Gasteiger partial charge in [0.2, 0.25) is 5.91 Å². The maximum atomic E-state index is 12.1. The van der Waals surface area contributed by atoms with Crippen LogP contribution in [0.3, 0.4) is 0 Å². The van der Waals surface area contributed by atoms with E-state index in [1.807, 2.05) is 0 Å². The lowest BCUT2D eigenvalue weighted by atomic mass is 10.1. The Hall–Kier alpha value is -1.56. The second kappa shape index (κ2) is 6.93. The molecule has 0 bridgehead atoms. The van der Waals surface area contributed by atoms with Gasteiger partial charge in [0.05, 0.1) is 21.2 Å². The van der Waals surface area contributed by atoms with Crippen molar-refractivity contribution in [2.24, 2.45) is 5.73 Å². The summed E-state index contributed by atoms with van der Waals surface area (Å²) in [6.07, 6.45) is 0.379. The third-order valence-corrected chi connectivity index (χ3v) is 4.34. The third kappa shape index (κ3) is 4.20. The Balaban J connectivity index is 2.02. The highest BCUT2D eigenvalue weighted by Gasteiger charge is 2.16. The summed E-state index contributed by atoms with van der Waals surface area (Å²) in [6.45, 7) is 0. The van der Waals surface area contributed by atoms with Gasteiger partial charge in [-0.1, -0.05) is 29.8 Å². The minimum Gasteiger partial charge on any atom is -0.508 e. The summed E-state index contributed by atoms with van der Waals surface area (Å²) in [7, 11) is 0. The van der Waals surface area contributed by atoms with Crippen molar-refractivity contribution in [1.82, 2.24) is 0 Å². The number of rotatable bonds is 4. The molecule has 0 saturated heterocycles. The second-order valence-electron chi connectivity index (χ2n) is 4.57. The number of nitrogens with one attached hydrogen (secondary N) is 1. The van der Waals surface area contributed by atoms with Crippen LogP contribution in [0.5, 0.6) is 5.75 Å². The number of anilines is 1. The molecule has 1 amide bonds. The molecule has 1 unspecified atom stereocenters. The zero-order chi connectivity index (χ0) is 15.4. The third-order valence-electron chi connectivity index (χ3n) is 2.94. The molecule has 0 fully saturated rings. The predicted molar refractivity (Wildman–Crippen MR) is 87.6 cm³/mol. The Morgan fingerprint density at radius 3 is 2.62 bits per heavy atom. The van der Waals surface area contributed by atoms with E-state index in [2.05, 4.69) is 21.2 Å². The molecule has 110 valence electrons. The van der Waals surface area contributed by atoms with Crippen molar-refractivity contribution < 1.29 is 9.90 Å². The van der Waals surface area contributed by atoms with Crippen molar-refractivity contribution in [3.8, 4) is 5.75 Å². The molecule has 0 aliphatic rings. The first kappa shape index (κ1) is 15.8. The lowest BCUT2D eigenvalue weighted by Gasteiger charge is -2.14. The number of aromatic hydroxyl groups is 1. The van der Waals surface area contributed by atoms with E-state index in [1.54, 1.807) is 42.5 Å². The number of nitrogens with two attached hydrogens (primary N) is 1. The van der Waals surface area contributed by atoms with Gasteiger partial charge in [0.1, 0.15) is 5.75 Å². The Morgan fingerprint density at radius 1 is 1.29 bits per heavy atom. The van der Waals surface area contributed by atoms with E-state index in [9.17, 15) is 9.90 Å². The van der Waals surface area contributed by atoms with E-state index < -0.39 is 6.04 Å². The Kier molecular flexibility index (Phi) is 5.22. The lowest BCUT2D eigenvalue weighted by Crippen LogP contribution is -2.37. The van der Waals surface area contributed by atoms with Crippen LogP contribution in [0.1, 0.15) is 5.56 Å². The van der Waals surface area contributed by atoms with Crippen LogP contribution >= 0.6 is 27.5 Å². The molecule has 4 N–H and O–H groups in total. The molecule has 2 rings (SSSR count).